The van der Waals surface area contributed by atoms with Crippen molar-refractivity contribution in [2.75, 3.05) is 26.3 Å². The normalized spacial score (nSPS) is 25.9. The quantitative estimate of drug-likeness (QED) is 0.856. The molecule has 2 aromatic heterocycles. The lowest BCUT2D eigenvalue weighted by molar-refractivity contribution is 0.0325. The number of nitrogens with zero attached hydrogens (tertiary/aromatic N) is 4. The van der Waals surface area contributed by atoms with Gasteiger partial charge in [0, 0.05) is 36.9 Å². The second kappa shape index (κ2) is 5.09. The van der Waals surface area contributed by atoms with E-state index in [0.717, 1.165) is 38.2 Å². The highest BCUT2D eigenvalue weighted by Gasteiger charge is 2.43. The molecule has 1 aliphatic heterocycles. The first kappa shape index (κ1) is 12.7. The van der Waals surface area contributed by atoms with Gasteiger partial charge in [-0.05, 0) is 18.6 Å². The zero-order chi connectivity index (χ0) is 14.2. The summed E-state index contributed by atoms with van der Waals surface area (Å²) in [5.41, 5.74) is 1.47. The molecule has 1 N–H and O–H groups in total. The third kappa shape index (κ3) is 2.50. The van der Waals surface area contributed by atoms with Gasteiger partial charge in [0.1, 0.15) is 0 Å². The summed E-state index contributed by atoms with van der Waals surface area (Å²) >= 11 is 0. The van der Waals surface area contributed by atoms with Gasteiger partial charge in [-0.25, -0.2) is 4.52 Å². The lowest BCUT2D eigenvalue weighted by Crippen LogP contribution is -2.41. The number of hydrogen-bond acceptors (Lipinski definition) is 5. The van der Waals surface area contributed by atoms with Crippen LogP contribution in [0.25, 0.3) is 5.52 Å². The fraction of sp³-hybridized carbons (Fsp3) is 0.500. The maximum Gasteiger partial charge on any atom is 0.251 e. The first-order valence-corrected chi connectivity index (χ1v) is 7.24. The van der Waals surface area contributed by atoms with Gasteiger partial charge >= 0.3 is 0 Å². The predicted molar refractivity (Wildman–Crippen MR) is 75.0 cm³/mol. The van der Waals surface area contributed by atoms with E-state index in [1.807, 2.05) is 0 Å². The summed E-state index contributed by atoms with van der Waals surface area (Å²) < 4.78 is 7.00. The zero-order valence-corrected chi connectivity index (χ0v) is 11.6. The van der Waals surface area contributed by atoms with E-state index >= 15 is 0 Å². The summed E-state index contributed by atoms with van der Waals surface area (Å²) in [5.74, 6) is -0.0283. The van der Waals surface area contributed by atoms with Crippen LogP contribution < -0.4 is 5.32 Å². The standard InChI is InChI=1S/C14H17N5O2/c20-14(10-1-2-19-11(7-10)9-15-17-19)16-12-8-13(12)18-3-5-21-6-4-18/h1-2,7,9,12-13H,3-6,8H2,(H,16,20)/t12-,13-/m1/s1. The number of fused-ring (bicyclic) bond motifs is 1. The Kier molecular flexibility index (Phi) is 3.08. The molecule has 0 bridgehead atoms. The molecule has 2 aromatic rings. The van der Waals surface area contributed by atoms with Crippen molar-refractivity contribution in [3.8, 4) is 0 Å². The van der Waals surface area contributed by atoms with Gasteiger partial charge in [0.05, 0.1) is 24.9 Å². The van der Waals surface area contributed by atoms with Crippen molar-refractivity contribution < 1.29 is 9.53 Å². The lowest BCUT2D eigenvalue weighted by Gasteiger charge is -2.26. The number of hydrogen-bond donors (Lipinski definition) is 1. The van der Waals surface area contributed by atoms with E-state index in [9.17, 15) is 4.79 Å². The summed E-state index contributed by atoms with van der Waals surface area (Å²) in [7, 11) is 0. The van der Waals surface area contributed by atoms with Gasteiger partial charge in [-0.1, -0.05) is 5.21 Å². The van der Waals surface area contributed by atoms with Gasteiger partial charge in [0.15, 0.2) is 0 Å². The van der Waals surface area contributed by atoms with E-state index in [1.54, 1.807) is 29.0 Å². The molecule has 110 valence electrons. The molecule has 21 heavy (non-hydrogen) atoms. The molecule has 1 saturated heterocycles. The Morgan fingerprint density at radius 1 is 1.38 bits per heavy atom. The third-order valence-corrected chi connectivity index (χ3v) is 4.15. The number of rotatable bonds is 3. The number of carbonyl (C=O) groups is 1. The van der Waals surface area contributed by atoms with E-state index in [1.165, 1.54) is 0 Å². The van der Waals surface area contributed by atoms with Crippen molar-refractivity contribution in [3.05, 3.63) is 30.1 Å². The lowest BCUT2D eigenvalue weighted by atomic mass is 10.2. The summed E-state index contributed by atoms with van der Waals surface area (Å²) in [6, 6.07) is 4.30. The Labute approximate surface area is 121 Å². The fourth-order valence-corrected chi connectivity index (χ4v) is 2.87. The average molecular weight is 287 g/mol. The van der Waals surface area contributed by atoms with Gasteiger partial charge in [0.25, 0.3) is 5.91 Å². The molecule has 1 amide bonds. The molecular formula is C14H17N5O2. The monoisotopic (exact) mass is 287 g/mol. The van der Waals surface area contributed by atoms with Crippen LogP contribution in [0.5, 0.6) is 0 Å². The highest BCUT2D eigenvalue weighted by Crippen LogP contribution is 2.28. The van der Waals surface area contributed by atoms with E-state index < -0.39 is 0 Å². The van der Waals surface area contributed by atoms with Crippen LogP contribution >= 0.6 is 0 Å². The van der Waals surface area contributed by atoms with E-state index in [4.69, 9.17) is 4.74 Å². The second-order valence-corrected chi connectivity index (χ2v) is 5.55. The molecule has 0 aromatic carbocycles. The van der Waals surface area contributed by atoms with Crippen molar-refractivity contribution in [1.29, 1.82) is 0 Å². The topological polar surface area (TPSA) is 71.8 Å². The molecule has 3 heterocycles. The summed E-state index contributed by atoms with van der Waals surface area (Å²) in [6.07, 6.45) is 4.43. The third-order valence-electron chi connectivity index (χ3n) is 4.15. The average Bonchev–Trinajstić information content (AvgIpc) is 3.12. The molecule has 2 aliphatic rings. The van der Waals surface area contributed by atoms with Crippen LogP contribution in [0.15, 0.2) is 24.5 Å². The van der Waals surface area contributed by atoms with Gasteiger partial charge in [-0.2, -0.15) is 0 Å². The number of carbonyl (C=O) groups excluding carboxylic acids is 1. The van der Waals surface area contributed by atoms with Crippen LogP contribution in [0, 0.1) is 0 Å². The molecule has 7 nitrogen and oxygen atoms in total. The number of nitrogens with one attached hydrogen (secondary N) is 1. The first-order chi connectivity index (χ1) is 10.3. The largest absolute Gasteiger partial charge is 0.379 e. The van der Waals surface area contributed by atoms with Crippen LogP contribution in [-0.2, 0) is 4.74 Å². The van der Waals surface area contributed by atoms with Gasteiger partial charge < -0.3 is 10.1 Å². The van der Waals surface area contributed by atoms with Crippen molar-refractivity contribution in [2.45, 2.75) is 18.5 Å². The maximum atomic E-state index is 12.3. The SMILES string of the molecule is O=C(N[C@@H]1C[C@H]1N1CCOCC1)c1ccn2nncc2c1. The number of pyridine rings is 1. The summed E-state index contributed by atoms with van der Waals surface area (Å²) in [4.78, 5) is 14.7. The molecule has 0 radical (unpaired) electrons. The van der Waals surface area contributed by atoms with Crippen LogP contribution in [0.2, 0.25) is 0 Å². The molecule has 2 atom stereocenters. The molecule has 1 aliphatic carbocycles. The molecule has 2 fully saturated rings. The van der Waals surface area contributed by atoms with E-state index in [-0.39, 0.29) is 11.9 Å². The predicted octanol–water partition coefficient (Wildman–Crippen LogP) is -0.0678. The minimum atomic E-state index is -0.0283. The van der Waals surface area contributed by atoms with Gasteiger partial charge in [-0.15, -0.1) is 5.10 Å². The van der Waals surface area contributed by atoms with Crippen LogP contribution in [0.1, 0.15) is 16.8 Å². The Balaban J connectivity index is 1.39. The maximum absolute atomic E-state index is 12.3. The highest BCUT2D eigenvalue weighted by atomic mass is 16.5. The van der Waals surface area contributed by atoms with Gasteiger partial charge in [-0.3, -0.25) is 9.69 Å². The highest BCUT2D eigenvalue weighted by molar-refractivity contribution is 5.95. The molecule has 1 saturated carbocycles. The summed E-state index contributed by atoms with van der Waals surface area (Å²) in [6.45, 7) is 3.51. The zero-order valence-electron chi connectivity index (χ0n) is 11.6. The Morgan fingerprint density at radius 2 is 2.24 bits per heavy atom. The minimum absolute atomic E-state index is 0.0283. The van der Waals surface area contributed by atoms with Gasteiger partial charge in [0.2, 0.25) is 0 Å². The van der Waals surface area contributed by atoms with Crippen LogP contribution in [0.4, 0.5) is 0 Å². The molecule has 4 rings (SSSR count). The number of morpholine rings is 1. The summed E-state index contributed by atoms with van der Waals surface area (Å²) in [5, 5.41) is 10.8. The molecule has 0 spiro atoms. The smallest absolute Gasteiger partial charge is 0.251 e. The van der Waals surface area contributed by atoms with Crippen LogP contribution in [-0.4, -0.2) is 64.0 Å². The molecule has 7 heteroatoms. The number of ether oxygens (including phenoxy) is 1. The van der Waals surface area contributed by atoms with Crippen molar-refractivity contribution in [3.63, 3.8) is 0 Å². The van der Waals surface area contributed by atoms with Crippen molar-refractivity contribution >= 4 is 11.4 Å². The van der Waals surface area contributed by atoms with Crippen molar-refractivity contribution in [1.82, 2.24) is 25.0 Å². The number of aromatic nitrogens is 3. The minimum Gasteiger partial charge on any atom is -0.379 e. The van der Waals surface area contributed by atoms with Crippen molar-refractivity contribution in [2.24, 2.45) is 0 Å². The fourth-order valence-electron chi connectivity index (χ4n) is 2.87. The Morgan fingerprint density at radius 3 is 3.10 bits per heavy atom. The molecule has 0 unspecified atom stereocenters. The first-order valence-electron chi connectivity index (χ1n) is 7.24. The van der Waals surface area contributed by atoms with E-state index in [0.29, 0.717) is 11.6 Å². The number of amides is 1. The second-order valence-electron chi connectivity index (χ2n) is 5.55. The van der Waals surface area contributed by atoms with E-state index in [2.05, 4.69) is 20.5 Å². The molecular weight excluding hydrogens is 270 g/mol. The Hall–Kier alpha value is -1.99. The Bertz CT molecular complexity index is 664. The van der Waals surface area contributed by atoms with Crippen LogP contribution in [0.3, 0.4) is 0 Å².